The van der Waals surface area contributed by atoms with Crippen LogP contribution in [0.5, 0.6) is 0 Å². The van der Waals surface area contributed by atoms with Gasteiger partial charge in [0.05, 0.1) is 14.6 Å². The van der Waals surface area contributed by atoms with Gasteiger partial charge in [-0.25, -0.2) is 8.99 Å². The number of nitrogens with one attached hydrogen (secondary N) is 1. The lowest BCUT2D eigenvalue weighted by Gasteiger charge is -2.18. The zero-order valence-corrected chi connectivity index (χ0v) is 13.0. The highest BCUT2D eigenvalue weighted by Crippen LogP contribution is 2.36. The number of hydrogen-bond acceptors (Lipinski definition) is 4. The molecule has 2 aromatic rings. The summed E-state index contributed by atoms with van der Waals surface area (Å²) >= 11 is 0. The van der Waals surface area contributed by atoms with E-state index < -0.39 is 9.73 Å². The minimum absolute atomic E-state index is 0.189. The Morgan fingerprint density at radius 3 is 2.71 bits per heavy atom. The van der Waals surface area contributed by atoms with Gasteiger partial charge in [-0.15, -0.1) is 0 Å². The Labute approximate surface area is 125 Å². The summed E-state index contributed by atoms with van der Waals surface area (Å²) in [5.74, 6) is 1.74. The van der Waals surface area contributed by atoms with E-state index in [0.29, 0.717) is 10.8 Å². The molecule has 0 spiro atoms. The van der Waals surface area contributed by atoms with Crippen LogP contribution in [-0.2, 0) is 9.73 Å². The minimum Gasteiger partial charge on any atom is -0.461 e. The van der Waals surface area contributed by atoms with Crippen LogP contribution in [0.4, 0.5) is 0 Å². The van der Waals surface area contributed by atoms with Crippen molar-refractivity contribution in [2.24, 2.45) is 5.73 Å². The monoisotopic (exact) mass is 306 g/mol. The van der Waals surface area contributed by atoms with E-state index in [1.807, 2.05) is 6.07 Å². The Bertz CT molecular complexity index is 728. The maximum Gasteiger partial charge on any atom is 0.135 e. The number of hydrogen-bond donors (Lipinski definition) is 2. The summed E-state index contributed by atoms with van der Waals surface area (Å²) in [7, 11) is -2.80. The maximum absolute atomic E-state index is 12.3. The third-order valence-corrected chi connectivity index (χ3v) is 6.13. The van der Waals surface area contributed by atoms with Crippen molar-refractivity contribution >= 4 is 20.7 Å². The Morgan fingerprint density at radius 1 is 1.24 bits per heavy atom. The number of nitrogens with two attached hydrogens (primary N) is 1. The van der Waals surface area contributed by atoms with Crippen molar-refractivity contribution in [3.05, 3.63) is 30.0 Å². The van der Waals surface area contributed by atoms with Crippen molar-refractivity contribution in [1.82, 2.24) is 0 Å². The van der Waals surface area contributed by atoms with E-state index in [1.165, 1.54) is 32.1 Å². The summed E-state index contributed by atoms with van der Waals surface area (Å²) in [6.45, 7) is 0.256. The molecule has 1 aliphatic carbocycles. The van der Waals surface area contributed by atoms with Gasteiger partial charge in [0.25, 0.3) is 0 Å². The van der Waals surface area contributed by atoms with Crippen LogP contribution in [0.2, 0.25) is 0 Å². The minimum atomic E-state index is -2.80. The standard InChI is InChI=1S/C16H22N2O2S/c17-8-9-21(18,19)14-7-6-13-10-15(20-16(13)11-14)12-4-2-1-3-5-12/h6-7,10-12,18H,1-5,8-9,17H2. The van der Waals surface area contributed by atoms with E-state index in [1.54, 1.807) is 12.1 Å². The fraction of sp³-hybridized carbons (Fsp3) is 0.500. The van der Waals surface area contributed by atoms with E-state index in [-0.39, 0.29) is 12.3 Å². The van der Waals surface area contributed by atoms with E-state index in [9.17, 15) is 4.21 Å². The predicted octanol–water partition coefficient (Wildman–Crippen LogP) is 3.84. The smallest absolute Gasteiger partial charge is 0.135 e. The Balaban J connectivity index is 1.95. The SMILES string of the molecule is N=S(=O)(CCN)c1ccc2cc(C3CCCCC3)oc2c1. The van der Waals surface area contributed by atoms with Gasteiger partial charge in [-0.2, -0.15) is 0 Å². The molecule has 0 bridgehead atoms. The Morgan fingerprint density at radius 2 is 2.00 bits per heavy atom. The van der Waals surface area contributed by atoms with Crippen LogP contribution >= 0.6 is 0 Å². The molecule has 21 heavy (non-hydrogen) atoms. The van der Waals surface area contributed by atoms with Gasteiger partial charge in [0, 0.05) is 23.6 Å². The van der Waals surface area contributed by atoms with E-state index in [0.717, 1.165) is 16.7 Å². The second-order valence-electron chi connectivity index (χ2n) is 5.85. The molecule has 1 heterocycles. The Kier molecular flexibility index (Phi) is 4.04. The maximum atomic E-state index is 12.3. The lowest BCUT2D eigenvalue weighted by atomic mass is 9.87. The molecule has 0 amide bonds. The molecule has 1 atom stereocenters. The zero-order valence-electron chi connectivity index (χ0n) is 12.1. The second-order valence-corrected chi connectivity index (χ2v) is 8.08. The number of benzene rings is 1. The van der Waals surface area contributed by atoms with Gasteiger partial charge in [0.1, 0.15) is 11.3 Å². The number of furan rings is 1. The topological polar surface area (TPSA) is 80.1 Å². The van der Waals surface area contributed by atoms with Crippen LogP contribution in [0.15, 0.2) is 33.6 Å². The summed E-state index contributed by atoms with van der Waals surface area (Å²) in [4.78, 5) is 0.519. The molecule has 3 N–H and O–H groups in total. The van der Waals surface area contributed by atoms with Crippen LogP contribution in [0, 0.1) is 4.78 Å². The first kappa shape index (κ1) is 14.6. The van der Waals surface area contributed by atoms with Gasteiger partial charge >= 0.3 is 0 Å². The molecule has 4 nitrogen and oxygen atoms in total. The summed E-state index contributed by atoms with van der Waals surface area (Å²) < 4.78 is 26.2. The molecule has 3 rings (SSSR count). The Hall–Kier alpha value is -1.33. The van der Waals surface area contributed by atoms with Crippen molar-refractivity contribution in [3.8, 4) is 0 Å². The first-order valence-corrected chi connectivity index (χ1v) is 9.33. The van der Waals surface area contributed by atoms with Gasteiger partial charge in [0.2, 0.25) is 0 Å². The predicted molar refractivity (Wildman–Crippen MR) is 85.1 cm³/mol. The zero-order chi connectivity index (χ0) is 14.9. The van der Waals surface area contributed by atoms with Crippen molar-refractivity contribution in [1.29, 1.82) is 4.78 Å². The summed E-state index contributed by atoms with van der Waals surface area (Å²) in [6, 6.07) is 7.54. The van der Waals surface area contributed by atoms with Gasteiger partial charge in [-0.1, -0.05) is 19.3 Å². The molecule has 0 radical (unpaired) electrons. The van der Waals surface area contributed by atoms with Crippen molar-refractivity contribution < 1.29 is 8.63 Å². The first-order chi connectivity index (χ1) is 10.1. The quantitative estimate of drug-likeness (QED) is 0.900. The number of fused-ring (bicyclic) bond motifs is 1. The third-order valence-electron chi connectivity index (χ3n) is 4.30. The molecular weight excluding hydrogens is 284 g/mol. The highest BCUT2D eigenvalue weighted by molar-refractivity contribution is 7.92. The molecule has 1 unspecified atom stereocenters. The molecule has 1 aromatic heterocycles. The van der Waals surface area contributed by atoms with E-state index in [2.05, 4.69) is 6.07 Å². The molecule has 0 aliphatic heterocycles. The number of rotatable bonds is 4. The molecule has 1 fully saturated rings. The molecule has 1 aromatic carbocycles. The van der Waals surface area contributed by atoms with Gasteiger partial charge < -0.3 is 10.2 Å². The van der Waals surface area contributed by atoms with Crippen LogP contribution < -0.4 is 5.73 Å². The average molecular weight is 306 g/mol. The third kappa shape index (κ3) is 2.99. The van der Waals surface area contributed by atoms with Crippen LogP contribution in [-0.4, -0.2) is 16.5 Å². The van der Waals surface area contributed by atoms with Crippen molar-refractivity contribution in [3.63, 3.8) is 0 Å². The van der Waals surface area contributed by atoms with E-state index in [4.69, 9.17) is 14.9 Å². The molecule has 0 saturated heterocycles. The van der Waals surface area contributed by atoms with E-state index >= 15 is 0 Å². The molecular formula is C16H22N2O2S. The second kappa shape index (κ2) is 5.81. The van der Waals surface area contributed by atoms with Crippen LogP contribution in [0.25, 0.3) is 11.0 Å². The van der Waals surface area contributed by atoms with Gasteiger partial charge in [0.15, 0.2) is 0 Å². The summed E-state index contributed by atoms with van der Waals surface area (Å²) in [6.07, 6.45) is 6.24. The van der Waals surface area contributed by atoms with Crippen LogP contribution in [0.3, 0.4) is 0 Å². The van der Waals surface area contributed by atoms with Gasteiger partial charge in [-0.3, -0.25) is 0 Å². The first-order valence-electron chi connectivity index (χ1n) is 7.60. The molecule has 114 valence electrons. The lowest BCUT2D eigenvalue weighted by molar-refractivity contribution is 0.385. The fourth-order valence-corrected chi connectivity index (χ4v) is 4.26. The molecule has 5 heteroatoms. The largest absolute Gasteiger partial charge is 0.461 e. The van der Waals surface area contributed by atoms with Crippen molar-refractivity contribution in [2.75, 3.05) is 12.3 Å². The molecule has 1 saturated carbocycles. The van der Waals surface area contributed by atoms with Crippen LogP contribution in [0.1, 0.15) is 43.8 Å². The molecule has 1 aliphatic rings. The highest BCUT2D eigenvalue weighted by atomic mass is 32.2. The summed E-state index contributed by atoms with van der Waals surface area (Å²) in [5.41, 5.74) is 6.18. The normalized spacial score (nSPS) is 19.7. The lowest BCUT2D eigenvalue weighted by Crippen LogP contribution is -2.14. The van der Waals surface area contributed by atoms with Gasteiger partial charge in [-0.05, 0) is 37.1 Å². The fourth-order valence-electron chi connectivity index (χ4n) is 3.11. The highest BCUT2D eigenvalue weighted by Gasteiger charge is 2.20. The summed E-state index contributed by atoms with van der Waals surface area (Å²) in [5, 5.41) is 1.03. The average Bonchev–Trinajstić information content (AvgIpc) is 2.91. The van der Waals surface area contributed by atoms with Crippen molar-refractivity contribution in [2.45, 2.75) is 42.9 Å².